The van der Waals surface area contributed by atoms with Crippen molar-refractivity contribution in [1.29, 1.82) is 0 Å². The van der Waals surface area contributed by atoms with Gasteiger partial charge < -0.3 is 0 Å². The standard InChI is InChI=1S/C18H22N2/c1-15-8-7-11-17(19-15)18-12-5-6-13-20(18)14-16-9-3-2-4-10-16/h2-4,7-11,18H,5-6,12-14H2,1H3/t18-/m0/s1. The van der Waals surface area contributed by atoms with Gasteiger partial charge in [0.15, 0.2) is 0 Å². The van der Waals surface area contributed by atoms with Crippen molar-refractivity contribution >= 4 is 0 Å². The lowest BCUT2D eigenvalue weighted by Gasteiger charge is -2.35. The summed E-state index contributed by atoms with van der Waals surface area (Å²) in [6.07, 6.45) is 3.84. The highest BCUT2D eigenvalue weighted by Gasteiger charge is 2.24. The monoisotopic (exact) mass is 266 g/mol. The number of aryl methyl sites for hydroxylation is 1. The highest BCUT2D eigenvalue weighted by atomic mass is 15.2. The molecule has 0 radical (unpaired) electrons. The maximum Gasteiger partial charge on any atom is 0.0578 e. The van der Waals surface area contributed by atoms with Gasteiger partial charge in [-0.3, -0.25) is 9.88 Å². The molecule has 2 nitrogen and oxygen atoms in total. The van der Waals surface area contributed by atoms with E-state index in [-0.39, 0.29) is 0 Å². The minimum atomic E-state index is 0.476. The molecule has 3 rings (SSSR count). The van der Waals surface area contributed by atoms with Crippen LogP contribution in [0.4, 0.5) is 0 Å². The smallest absolute Gasteiger partial charge is 0.0578 e. The molecule has 0 bridgehead atoms. The van der Waals surface area contributed by atoms with Gasteiger partial charge in [0.1, 0.15) is 0 Å². The topological polar surface area (TPSA) is 16.1 Å². The molecule has 1 saturated heterocycles. The predicted octanol–water partition coefficient (Wildman–Crippen LogP) is 4.12. The van der Waals surface area contributed by atoms with Crippen molar-refractivity contribution in [2.75, 3.05) is 6.54 Å². The molecule has 0 spiro atoms. The van der Waals surface area contributed by atoms with E-state index < -0.39 is 0 Å². The van der Waals surface area contributed by atoms with E-state index in [1.807, 2.05) is 0 Å². The van der Waals surface area contributed by atoms with E-state index in [2.05, 4.69) is 60.4 Å². The third-order valence-corrected chi connectivity index (χ3v) is 4.09. The van der Waals surface area contributed by atoms with Gasteiger partial charge in [-0.15, -0.1) is 0 Å². The second-order valence-corrected chi connectivity index (χ2v) is 5.67. The molecule has 1 aromatic heterocycles. The summed E-state index contributed by atoms with van der Waals surface area (Å²) in [5.41, 5.74) is 3.75. The van der Waals surface area contributed by atoms with Crippen LogP contribution < -0.4 is 0 Å². The Hall–Kier alpha value is -1.67. The Kier molecular flexibility index (Phi) is 4.12. The Bertz CT molecular complexity index is 550. The number of hydrogen-bond donors (Lipinski definition) is 0. The molecule has 1 atom stereocenters. The first-order valence-electron chi connectivity index (χ1n) is 7.54. The first kappa shape index (κ1) is 13.3. The molecule has 1 aromatic carbocycles. The van der Waals surface area contributed by atoms with Crippen molar-refractivity contribution in [2.45, 2.75) is 38.8 Å². The van der Waals surface area contributed by atoms with Gasteiger partial charge in [-0.25, -0.2) is 0 Å². The van der Waals surface area contributed by atoms with Crippen LogP contribution in [0.15, 0.2) is 48.5 Å². The van der Waals surface area contributed by atoms with Crippen molar-refractivity contribution < 1.29 is 0 Å². The summed E-state index contributed by atoms with van der Waals surface area (Å²) in [6, 6.07) is 17.6. The molecule has 0 saturated carbocycles. The number of aromatic nitrogens is 1. The summed E-state index contributed by atoms with van der Waals surface area (Å²) in [5, 5.41) is 0. The second-order valence-electron chi connectivity index (χ2n) is 5.67. The van der Waals surface area contributed by atoms with E-state index in [0.29, 0.717) is 6.04 Å². The van der Waals surface area contributed by atoms with E-state index >= 15 is 0 Å². The lowest BCUT2D eigenvalue weighted by molar-refractivity contribution is 0.137. The van der Waals surface area contributed by atoms with Crippen molar-refractivity contribution in [1.82, 2.24) is 9.88 Å². The van der Waals surface area contributed by atoms with Crippen LogP contribution in [-0.4, -0.2) is 16.4 Å². The normalized spacial score (nSPS) is 19.9. The molecule has 0 N–H and O–H groups in total. The second kappa shape index (κ2) is 6.19. The van der Waals surface area contributed by atoms with Gasteiger partial charge in [0.25, 0.3) is 0 Å². The fraction of sp³-hybridized carbons (Fsp3) is 0.389. The number of nitrogens with zero attached hydrogens (tertiary/aromatic N) is 2. The average molecular weight is 266 g/mol. The average Bonchev–Trinajstić information content (AvgIpc) is 2.49. The van der Waals surface area contributed by atoms with Gasteiger partial charge in [-0.2, -0.15) is 0 Å². The molecular weight excluding hydrogens is 244 g/mol. The molecule has 1 aliphatic heterocycles. The van der Waals surface area contributed by atoms with Gasteiger partial charge in [0.2, 0.25) is 0 Å². The summed E-state index contributed by atoms with van der Waals surface area (Å²) in [4.78, 5) is 7.33. The van der Waals surface area contributed by atoms with Crippen LogP contribution in [0.5, 0.6) is 0 Å². The zero-order valence-corrected chi connectivity index (χ0v) is 12.1. The molecule has 2 heterocycles. The third kappa shape index (κ3) is 3.07. The van der Waals surface area contributed by atoms with Gasteiger partial charge in [-0.05, 0) is 44.0 Å². The summed E-state index contributed by atoms with van der Waals surface area (Å²) in [5.74, 6) is 0. The first-order chi connectivity index (χ1) is 9.83. The zero-order chi connectivity index (χ0) is 13.8. The number of benzene rings is 1. The minimum absolute atomic E-state index is 0.476. The van der Waals surface area contributed by atoms with Crippen molar-refractivity contribution in [3.8, 4) is 0 Å². The minimum Gasteiger partial charge on any atom is -0.291 e. The Morgan fingerprint density at radius 1 is 1.05 bits per heavy atom. The quantitative estimate of drug-likeness (QED) is 0.831. The largest absolute Gasteiger partial charge is 0.291 e. The van der Waals surface area contributed by atoms with Crippen LogP contribution in [0, 0.1) is 6.92 Å². The van der Waals surface area contributed by atoms with Crippen molar-refractivity contribution in [2.24, 2.45) is 0 Å². The van der Waals surface area contributed by atoms with Gasteiger partial charge in [0, 0.05) is 12.2 Å². The van der Waals surface area contributed by atoms with E-state index in [1.54, 1.807) is 0 Å². The highest BCUT2D eigenvalue weighted by molar-refractivity contribution is 5.17. The van der Waals surface area contributed by atoms with Gasteiger partial charge in [0.05, 0.1) is 11.7 Å². The predicted molar refractivity (Wildman–Crippen MR) is 82.4 cm³/mol. The number of likely N-dealkylation sites (tertiary alicyclic amines) is 1. The number of hydrogen-bond acceptors (Lipinski definition) is 2. The summed E-state index contributed by atoms with van der Waals surface area (Å²) in [6.45, 7) is 4.28. The van der Waals surface area contributed by atoms with Crippen LogP contribution in [0.1, 0.15) is 42.3 Å². The molecule has 1 fully saturated rings. The van der Waals surface area contributed by atoms with Crippen LogP contribution in [0.2, 0.25) is 0 Å². The number of rotatable bonds is 3. The molecule has 2 aromatic rings. The summed E-state index contributed by atoms with van der Waals surface area (Å²) < 4.78 is 0. The lowest BCUT2D eigenvalue weighted by atomic mass is 9.98. The van der Waals surface area contributed by atoms with Crippen LogP contribution in [0.3, 0.4) is 0 Å². The van der Waals surface area contributed by atoms with Crippen molar-refractivity contribution in [3.63, 3.8) is 0 Å². The van der Waals surface area contributed by atoms with E-state index in [0.717, 1.165) is 12.2 Å². The summed E-state index contributed by atoms with van der Waals surface area (Å²) >= 11 is 0. The Balaban J connectivity index is 1.80. The van der Waals surface area contributed by atoms with E-state index in [9.17, 15) is 0 Å². The van der Waals surface area contributed by atoms with Crippen molar-refractivity contribution in [3.05, 3.63) is 65.5 Å². The fourth-order valence-corrected chi connectivity index (χ4v) is 3.08. The van der Waals surface area contributed by atoms with Crippen LogP contribution in [0.25, 0.3) is 0 Å². The van der Waals surface area contributed by atoms with Gasteiger partial charge >= 0.3 is 0 Å². The van der Waals surface area contributed by atoms with Gasteiger partial charge in [-0.1, -0.05) is 42.8 Å². The summed E-state index contributed by atoms with van der Waals surface area (Å²) in [7, 11) is 0. The highest BCUT2D eigenvalue weighted by Crippen LogP contribution is 2.31. The molecule has 104 valence electrons. The third-order valence-electron chi connectivity index (χ3n) is 4.09. The Labute approximate surface area is 121 Å². The molecule has 0 aliphatic carbocycles. The zero-order valence-electron chi connectivity index (χ0n) is 12.1. The number of piperidine rings is 1. The van der Waals surface area contributed by atoms with E-state index in [1.165, 1.54) is 37.1 Å². The molecular formula is C18H22N2. The maximum absolute atomic E-state index is 4.75. The SMILES string of the molecule is Cc1cccc([C@@H]2CCCCN2Cc2ccccc2)n1. The molecule has 1 aliphatic rings. The van der Waals surface area contributed by atoms with E-state index in [4.69, 9.17) is 4.98 Å². The van der Waals surface area contributed by atoms with Crippen LogP contribution >= 0.6 is 0 Å². The molecule has 2 heteroatoms. The molecule has 0 unspecified atom stereocenters. The molecule has 20 heavy (non-hydrogen) atoms. The lowest BCUT2D eigenvalue weighted by Crippen LogP contribution is -2.33. The van der Waals surface area contributed by atoms with Crippen LogP contribution in [-0.2, 0) is 6.54 Å². The Morgan fingerprint density at radius 2 is 1.90 bits per heavy atom. The Morgan fingerprint density at radius 3 is 2.70 bits per heavy atom. The fourth-order valence-electron chi connectivity index (χ4n) is 3.08. The first-order valence-corrected chi connectivity index (χ1v) is 7.54. The molecule has 0 amide bonds. The number of pyridine rings is 1. The maximum atomic E-state index is 4.75.